The van der Waals surface area contributed by atoms with Crippen molar-refractivity contribution in [3.05, 3.63) is 0 Å². The van der Waals surface area contributed by atoms with E-state index in [1.165, 1.54) is 19.3 Å². The van der Waals surface area contributed by atoms with Crippen molar-refractivity contribution in [2.75, 3.05) is 11.6 Å². The van der Waals surface area contributed by atoms with Gasteiger partial charge in [0.05, 0.1) is 10.9 Å². The average molecular weight is 272 g/mol. The molecule has 0 bridgehead atoms. The smallest absolute Gasteiger partial charge is 0.126 e. The van der Waals surface area contributed by atoms with Crippen molar-refractivity contribution in [2.45, 2.75) is 35.1 Å². The number of alkyl halides is 2. The van der Waals surface area contributed by atoms with Crippen LogP contribution in [-0.4, -0.2) is 27.5 Å². The molecule has 1 spiro atoms. The Hall–Kier alpha value is 1.08. The lowest BCUT2D eigenvalue weighted by molar-refractivity contribution is 0.0127. The zero-order valence-corrected chi connectivity index (χ0v) is 9.92. The summed E-state index contributed by atoms with van der Waals surface area (Å²) in [6, 6.07) is 0. The topological polar surface area (TPSA) is 9.23 Å². The lowest BCUT2D eigenvalue weighted by Gasteiger charge is -2.26. The van der Waals surface area contributed by atoms with Crippen molar-refractivity contribution >= 4 is 39.3 Å². The summed E-state index contributed by atoms with van der Waals surface area (Å²) >= 11 is 11.4. The summed E-state index contributed by atoms with van der Waals surface area (Å²) < 4.78 is 5.96. The van der Waals surface area contributed by atoms with Crippen LogP contribution in [0.1, 0.15) is 19.3 Å². The largest absolute Gasteiger partial charge is 0.358 e. The van der Waals surface area contributed by atoms with Gasteiger partial charge in [0.25, 0.3) is 0 Å². The van der Waals surface area contributed by atoms with E-state index in [-0.39, 0.29) is 11.0 Å². The van der Waals surface area contributed by atoms with Crippen LogP contribution in [0.15, 0.2) is 0 Å². The zero-order valence-electron chi connectivity index (χ0n) is 6.76. The van der Waals surface area contributed by atoms with Crippen molar-refractivity contribution in [1.82, 2.24) is 0 Å². The molecule has 4 heteroatoms. The maximum atomic E-state index is 5.96. The summed E-state index contributed by atoms with van der Waals surface area (Å²) in [5.74, 6) is 1.69. The van der Waals surface area contributed by atoms with Crippen molar-refractivity contribution in [1.29, 1.82) is 0 Å². The van der Waals surface area contributed by atoms with E-state index in [4.69, 9.17) is 16.3 Å². The number of ether oxygens (including phenoxy) is 1. The van der Waals surface area contributed by atoms with Gasteiger partial charge in [-0.05, 0) is 19.3 Å². The number of rotatable bonds is 1. The van der Waals surface area contributed by atoms with Crippen LogP contribution in [0.4, 0.5) is 0 Å². The Kier molecular flexibility index (Phi) is 2.95. The molecular formula is C8H12BrClOS. The van der Waals surface area contributed by atoms with Gasteiger partial charge in [-0.2, -0.15) is 0 Å². The van der Waals surface area contributed by atoms with E-state index in [0.29, 0.717) is 10.7 Å². The second-order valence-electron chi connectivity index (χ2n) is 3.38. The van der Waals surface area contributed by atoms with Crippen LogP contribution in [0.3, 0.4) is 0 Å². The first kappa shape index (κ1) is 9.63. The average Bonchev–Trinajstić information content (AvgIpc) is 2.63. The molecule has 0 aromatic rings. The quantitative estimate of drug-likeness (QED) is 0.678. The Morgan fingerprint density at radius 3 is 3.00 bits per heavy atom. The normalized spacial score (nSPS) is 47.5. The van der Waals surface area contributed by atoms with Crippen LogP contribution in [-0.2, 0) is 4.74 Å². The third-order valence-corrected chi connectivity index (χ3v) is 5.97. The fraction of sp³-hybridized carbons (Fsp3) is 1.00. The van der Waals surface area contributed by atoms with Crippen LogP contribution in [0.2, 0.25) is 0 Å². The van der Waals surface area contributed by atoms with E-state index in [0.717, 1.165) is 5.75 Å². The summed E-state index contributed by atoms with van der Waals surface area (Å²) in [6.45, 7) is 0. The number of thioether (sulfide) groups is 1. The molecule has 0 radical (unpaired) electrons. The molecule has 1 heterocycles. The Labute approximate surface area is 90.7 Å². The van der Waals surface area contributed by atoms with E-state index in [9.17, 15) is 0 Å². The van der Waals surface area contributed by atoms with Crippen LogP contribution in [0.25, 0.3) is 0 Å². The predicted molar refractivity (Wildman–Crippen MR) is 57.3 cm³/mol. The van der Waals surface area contributed by atoms with Gasteiger partial charge in [0, 0.05) is 11.6 Å². The first-order valence-electron chi connectivity index (χ1n) is 4.29. The van der Waals surface area contributed by atoms with E-state index in [2.05, 4.69) is 15.9 Å². The summed E-state index contributed by atoms with van der Waals surface area (Å²) in [6.07, 6.45) is 3.97. The minimum absolute atomic E-state index is 0.0690. The van der Waals surface area contributed by atoms with Gasteiger partial charge in [-0.25, -0.2) is 0 Å². The summed E-state index contributed by atoms with van der Waals surface area (Å²) in [5, 5.41) is 0. The van der Waals surface area contributed by atoms with Gasteiger partial charge >= 0.3 is 0 Å². The zero-order chi connectivity index (χ0) is 8.60. The molecule has 2 fully saturated rings. The Morgan fingerprint density at radius 2 is 2.50 bits per heavy atom. The standard InChI is InChI=1S/C8H12BrClOS/c9-7-2-1-3-8(7)11-6(4-10)5-12-8/h6-7H,1-5H2. The molecule has 0 N–H and O–H groups in total. The van der Waals surface area contributed by atoms with Crippen molar-refractivity contribution in [2.24, 2.45) is 0 Å². The van der Waals surface area contributed by atoms with Crippen LogP contribution in [0, 0.1) is 0 Å². The maximum Gasteiger partial charge on any atom is 0.126 e. The summed E-state index contributed by atoms with van der Waals surface area (Å²) in [5.41, 5.74) is 0. The minimum atomic E-state index is 0.0690. The van der Waals surface area contributed by atoms with Gasteiger partial charge in [-0.3, -0.25) is 0 Å². The maximum absolute atomic E-state index is 5.96. The highest BCUT2D eigenvalue weighted by atomic mass is 79.9. The molecule has 70 valence electrons. The predicted octanol–water partition coefficient (Wildman–Crippen LogP) is 3.00. The highest BCUT2D eigenvalue weighted by Crippen LogP contribution is 2.51. The molecule has 12 heavy (non-hydrogen) atoms. The highest BCUT2D eigenvalue weighted by Gasteiger charge is 2.48. The summed E-state index contributed by atoms with van der Waals surface area (Å²) in [4.78, 5) is 0.600. The van der Waals surface area contributed by atoms with Crippen LogP contribution >= 0.6 is 39.3 Å². The van der Waals surface area contributed by atoms with Gasteiger partial charge in [0.1, 0.15) is 4.93 Å². The lowest BCUT2D eigenvalue weighted by atomic mass is 10.3. The molecule has 1 aliphatic heterocycles. The molecule has 1 aliphatic carbocycles. The fourth-order valence-electron chi connectivity index (χ4n) is 1.86. The Morgan fingerprint density at radius 1 is 1.67 bits per heavy atom. The van der Waals surface area contributed by atoms with Crippen molar-refractivity contribution in [3.63, 3.8) is 0 Å². The SMILES string of the molecule is ClCC1CSC2(CCCC2Br)O1. The molecule has 2 rings (SSSR count). The van der Waals surface area contributed by atoms with Crippen molar-refractivity contribution < 1.29 is 4.74 Å². The summed E-state index contributed by atoms with van der Waals surface area (Å²) in [7, 11) is 0. The molecule has 1 saturated carbocycles. The third-order valence-electron chi connectivity index (χ3n) is 2.51. The molecule has 0 aromatic heterocycles. The monoisotopic (exact) mass is 270 g/mol. The van der Waals surface area contributed by atoms with Gasteiger partial charge in [-0.1, -0.05) is 15.9 Å². The van der Waals surface area contributed by atoms with Crippen molar-refractivity contribution in [3.8, 4) is 0 Å². The molecule has 1 nitrogen and oxygen atoms in total. The van der Waals surface area contributed by atoms with Gasteiger partial charge < -0.3 is 4.74 Å². The lowest BCUT2D eigenvalue weighted by Crippen LogP contribution is -2.31. The first-order valence-corrected chi connectivity index (χ1v) is 6.72. The Bertz CT molecular complexity index is 180. The first-order chi connectivity index (χ1) is 5.77. The second-order valence-corrected chi connectivity index (χ2v) is 6.10. The molecule has 3 atom stereocenters. The molecule has 1 saturated heterocycles. The number of halogens is 2. The van der Waals surface area contributed by atoms with E-state index in [1.54, 1.807) is 0 Å². The van der Waals surface area contributed by atoms with E-state index in [1.807, 2.05) is 11.8 Å². The molecule has 3 unspecified atom stereocenters. The molecule has 0 aromatic carbocycles. The Balaban J connectivity index is 2.04. The van der Waals surface area contributed by atoms with E-state index >= 15 is 0 Å². The highest BCUT2D eigenvalue weighted by molar-refractivity contribution is 9.09. The second kappa shape index (κ2) is 3.68. The third kappa shape index (κ3) is 1.54. The molecule has 0 amide bonds. The fourth-order valence-corrected chi connectivity index (χ4v) is 4.66. The van der Waals surface area contributed by atoms with Gasteiger partial charge in [0.2, 0.25) is 0 Å². The van der Waals surface area contributed by atoms with Gasteiger partial charge in [0.15, 0.2) is 0 Å². The van der Waals surface area contributed by atoms with E-state index < -0.39 is 0 Å². The molecule has 2 aliphatic rings. The van der Waals surface area contributed by atoms with Crippen LogP contribution in [0.5, 0.6) is 0 Å². The number of hydrogen-bond donors (Lipinski definition) is 0. The van der Waals surface area contributed by atoms with Gasteiger partial charge in [-0.15, -0.1) is 23.4 Å². The molecular weight excluding hydrogens is 260 g/mol. The minimum Gasteiger partial charge on any atom is -0.358 e. The van der Waals surface area contributed by atoms with Crippen LogP contribution < -0.4 is 0 Å². The number of hydrogen-bond acceptors (Lipinski definition) is 2.